The van der Waals surface area contributed by atoms with Gasteiger partial charge in [0, 0.05) is 94.9 Å². The van der Waals surface area contributed by atoms with Crippen molar-refractivity contribution in [2.24, 2.45) is 0 Å². The summed E-state index contributed by atoms with van der Waals surface area (Å²) < 4.78 is 23.6. The second-order valence-corrected chi connectivity index (χ2v) is 27.3. The molecule has 0 saturated heterocycles. The molecule has 98 heavy (non-hydrogen) atoms. The van der Waals surface area contributed by atoms with Crippen molar-refractivity contribution in [3.63, 3.8) is 0 Å². The van der Waals surface area contributed by atoms with Gasteiger partial charge in [-0.3, -0.25) is 0 Å². The number of nitrogens with zero attached hydrogens (tertiary/aromatic N) is 6. The lowest BCUT2D eigenvalue weighted by Crippen LogP contribution is -2.08. The molecule has 7 aromatic heterocycles. The molecule has 21 rings (SSSR count). The van der Waals surface area contributed by atoms with E-state index in [4.69, 9.17) is 28.6 Å². The second kappa shape index (κ2) is 21.1. The molecule has 0 aliphatic carbocycles. The Labute approximate surface area is 566 Å². The van der Waals surface area contributed by atoms with E-state index in [-0.39, 0.29) is 0 Å². The number of hydrogen-bond donors (Lipinski definition) is 0. The molecule has 0 saturated carbocycles. The molecule has 10 heteroatoms. The van der Waals surface area contributed by atoms with Crippen molar-refractivity contribution >= 4 is 156 Å². The van der Waals surface area contributed by atoms with E-state index >= 15 is 0 Å². The lowest BCUT2D eigenvalue weighted by Gasteiger charge is -2.24. The SMILES string of the molecule is [C-]#[N+]c1cc(-c2nc(-c3cccc4sc5ccccc5c34)nc(-c3cccc4sc5ccccc5c34)n2)c(-n2c3ccc(-c4ccccc4)cc3c3c4oc5ccccc5c4ccc32)c(-c2ccccc2)c1-n1c2ccc(-c3ccccc3)cc2c2c3oc4ccccc4c3ccc21. The van der Waals surface area contributed by atoms with Gasteiger partial charge in [-0.05, 0) is 119 Å². The molecule has 14 aromatic carbocycles. The minimum atomic E-state index is 0.394. The molecule has 0 spiro atoms. The zero-order valence-corrected chi connectivity index (χ0v) is 53.7. The monoisotopic (exact) mass is 1280 g/mol. The van der Waals surface area contributed by atoms with Crippen LogP contribution in [-0.4, -0.2) is 24.1 Å². The summed E-state index contributed by atoms with van der Waals surface area (Å²) in [5.74, 6) is 1.43. The van der Waals surface area contributed by atoms with Gasteiger partial charge >= 0.3 is 0 Å². The van der Waals surface area contributed by atoms with Crippen molar-refractivity contribution in [3.8, 4) is 78.9 Å². The fourth-order valence-electron chi connectivity index (χ4n) is 15.6. The summed E-state index contributed by atoms with van der Waals surface area (Å²) in [4.78, 5) is 22.1. The van der Waals surface area contributed by atoms with Crippen LogP contribution in [0.3, 0.4) is 0 Å². The highest BCUT2D eigenvalue weighted by molar-refractivity contribution is 7.26. The number of aromatic nitrogens is 5. The summed E-state index contributed by atoms with van der Waals surface area (Å²) in [6.07, 6.45) is 0. The number of thiophene rings is 2. The first-order valence-corrected chi connectivity index (χ1v) is 34.3. The first kappa shape index (κ1) is 54.6. The molecule has 0 bridgehead atoms. The topological polar surface area (TPSA) is 79.2 Å². The van der Waals surface area contributed by atoms with Gasteiger partial charge in [-0.25, -0.2) is 19.8 Å². The zero-order valence-electron chi connectivity index (χ0n) is 52.0. The summed E-state index contributed by atoms with van der Waals surface area (Å²) in [7, 11) is 0. The van der Waals surface area contributed by atoms with E-state index < -0.39 is 0 Å². The van der Waals surface area contributed by atoms with E-state index in [9.17, 15) is 6.57 Å². The third kappa shape index (κ3) is 8.00. The minimum absolute atomic E-state index is 0.394. The van der Waals surface area contributed by atoms with Gasteiger partial charge in [-0.15, -0.1) is 22.7 Å². The molecule has 0 aliphatic rings. The summed E-state index contributed by atoms with van der Waals surface area (Å²) in [6, 6.07) is 103. The van der Waals surface area contributed by atoms with Crippen molar-refractivity contribution in [2.75, 3.05) is 0 Å². The molecule has 0 unspecified atom stereocenters. The van der Waals surface area contributed by atoms with E-state index in [0.717, 1.165) is 169 Å². The third-order valence-corrected chi connectivity index (χ3v) is 22.1. The molecule has 0 atom stereocenters. The van der Waals surface area contributed by atoms with E-state index in [1.807, 2.05) is 18.2 Å². The Morgan fingerprint density at radius 3 is 1.19 bits per heavy atom. The number of fused-ring (bicyclic) bond motifs is 20. The maximum Gasteiger partial charge on any atom is 0.212 e. The van der Waals surface area contributed by atoms with Gasteiger partial charge in [0.2, 0.25) is 5.69 Å². The van der Waals surface area contributed by atoms with Crippen molar-refractivity contribution in [2.45, 2.75) is 0 Å². The van der Waals surface area contributed by atoms with Gasteiger partial charge < -0.3 is 18.0 Å². The smallest absolute Gasteiger partial charge is 0.212 e. The number of rotatable bonds is 8. The molecular formula is C88H48N6O2S2. The van der Waals surface area contributed by atoms with Crippen LogP contribution in [0.1, 0.15) is 0 Å². The highest BCUT2D eigenvalue weighted by Gasteiger charge is 2.32. The molecule has 21 aromatic rings. The second-order valence-electron chi connectivity index (χ2n) is 25.1. The fourth-order valence-corrected chi connectivity index (χ4v) is 17.8. The molecule has 0 fully saturated rings. The van der Waals surface area contributed by atoms with Crippen LogP contribution >= 0.6 is 22.7 Å². The average Bonchev–Trinajstić information content (AvgIpc) is 1.49. The van der Waals surface area contributed by atoms with Crippen LogP contribution in [0.15, 0.2) is 300 Å². The number of para-hydroxylation sites is 2. The lowest BCUT2D eigenvalue weighted by atomic mass is 9.94. The van der Waals surface area contributed by atoms with E-state index in [1.54, 1.807) is 22.7 Å². The Morgan fingerprint density at radius 2 is 0.704 bits per heavy atom. The van der Waals surface area contributed by atoms with Gasteiger partial charge in [0.25, 0.3) is 0 Å². The highest BCUT2D eigenvalue weighted by Crippen LogP contribution is 2.53. The fraction of sp³-hybridized carbons (Fsp3) is 0. The molecule has 0 radical (unpaired) electrons. The Hall–Kier alpha value is -12.8. The molecule has 454 valence electrons. The van der Waals surface area contributed by atoms with Gasteiger partial charge in [0.05, 0.1) is 50.8 Å². The molecule has 0 amide bonds. The predicted molar refractivity (Wildman–Crippen MR) is 408 cm³/mol. The van der Waals surface area contributed by atoms with E-state index in [1.165, 1.54) is 9.40 Å². The van der Waals surface area contributed by atoms with E-state index in [0.29, 0.717) is 34.4 Å². The summed E-state index contributed by atoms with van der Waals surface area (Å²) in [5, 5.41) is 12.4. The third-order valence-electron chi connectivity index (χ3n) is 19.8. The van der Waals surface area contributed by atoms with Crippen LogP contribution < -0.4 is 0 Å². The quantitative estimate of drug-likeness (QED) is 0.142. The average molecular weight is 1290 g/mol. The molecule has 0 aliphatic heterocycles. The molecule has 8 nitrogen and oxygen atoms in total. The first-order valence-electron chi connectivity index (χ1n) is 32.7. The summed E-state index contributed by atoms with van der Waals surface area (Å²) in [6.45, 7) is 9.80. The number of hydrogen-bond acceptors (Lipinski definition) is 7. The zero-order chi connectivity index (χ0) is 64.3. The van der Waals surface area contributed by atoms with E-state index in [2.05, 4.69) is 282 Å². The van der Waals surface area contributed by atoms with Crippen molar-refractivity contribution in [3.05, 3.63) is 303 Å². The van der Waals surface area contributed by atoms with Gasteiger partial charge in [0.1, 0.15) is 22.3 Å². The Kier molecular flexibility index (Phi) is 11.8. The van der Waals surface area contributed by atoms with Crippen LogP contribution in [-0.2, 0) is 0 Å². The van der Waals surface area contributed by atoms with Gasteiger partial charge in [-0.1, -0.05) is 200 Å². The van der Waals surface area contributed by atoms with Crippen molar-refractivity contribution < 1.29 is 8.83 Å². The maximum absolute atomic E-state index is 9.80. The summed E-state index contributed by atoms with van der Waals surface area (Å²) >= 11 is 3.53. The first-order chi connectivity index (χ1) is 48.6. The minimum Gasteiger partial charge on any atom is -0.455 e. The molecular weight excluding hydrogens is 1240 g/mol. The standard InChI is InChI=1S/C88H48N6O2S2/c1-89-66-49-65(88-91-86(61-31-19-37-75-78(61)59-29-13-17-35-73(59)97-75)90-87(92-88)62-32-20-38-76-79(62)60-30-14-18-36-74(60)98-76)82(93-67-43-39-53(50-21-5-2-6-22-50)47-63(67)80-69(93)45-41-57-55-27-11-15-33-71(55)95-84(57)80)77(52-25-9-4-10-26-52)83(66)94-68-44-40-54(51-23-7-3-8-24-51)48-64(68)81-70(94)46-42-58-56-28-12-16-34-72(56)96-85(58)81/h2-49H. The summed E-state index contributed by atoms with van der Waals surface area (Å²) in [5.41, 5.74) is 17.0. The largest absolute Gasteiger partial charge is 0.455 e. The normalized spacial score (nSPS) is 12.1. The Bertz CT molecular complexity index is 6870. The van der Waals surface area contributed by atoms with Crippen LogP contribution in [0.4, 0.5) is 5.69 Å². The maximum atomic E-state index is 9.80. The van der Waals surface area contributed by atoms with Crippen molar-refractivity contribution in [1.29, 1.82) is 0 Å². The van der Waals surface area contributed by atoms with Crippen molar-refractivity contribution in [1.82, 2.24) is 24.1 Å². The number of benzene rings is 14. The lowest BCUT2D eigenvalue weighted by molar-refractivity contribution is 0.672. The van der Waals surface area contributed by atoms with Gasteiger partial charge in [0.15, 0.2) is 17.5 Å². The Morgan fingerprint density at radius 1 is 0.296 bits per heavy atom. The highest BCUT2D eigenvalue weighted by atomic mass is 32.1. The molecule has 0 N–H and O–H groups in total. The van der Waals surface area contributed by atoms with Crippen LogP contribution in [0.5, 0.6) is 0 Å². The van der Waals surface area contributed by atoms with Crippen LogP contribution in [0, 0.1) is 6.57 Å². The Balaban J connectivity index is 0.970. The van der Waals surface area contributed by atoms with Gasteiger partial charge in [-0.2, -0.15) is 0 Å². The van der Waals surface area contributed by atoms with Crippen LogP contribution in [0.2, 0.25) is 0 Å². The molecule has 7 heterocycles. The van der Waals surface area contributed by atoms with Crippen LogP contribution in [0.25, 0.3) is 212 Å². The predicted octanol–water partition coefficient (Wildman–Crippen LogP) is 25.2. The number of furan rings is 2.